The molecule has 1 N–H and O–H groups in total. The van der Waals surface area contributed by atoms with Gasteiger partial charge in [0.1, 0.15) is 5.60 Å². The van der Waals surface area contributed by atoms with Crippen molar-refractivity contribution >= 4 is 6.09 Å². The smallest absolute Gasteiger partial charge is 0.408 e. The van der Waals surface area contributed by atoms with Gasteiger partial charge >= 0.3 is 6.09 Å². The van der Waals surface area contributed by atoms with Crippen LogP contribution in [0.2, 0.25) is 0 Å². The molecule has 1 aromatic rings. The Balaban J connectivity index is 2.53. The van der Waals surface area contributed by atoms with Gasteiger partial charge in [0.2, 0.25) is 5.88 Å². The third-order valence-electron chi connectivity index (χ3n) is 2.24. The molecule has 0 aromatic carbocycles. The molecule has 0 unspecified atom stereocenters. The number of carbonyl (C=O) groups is 1. The molecule has 0 fully saturated rings. The van der Waals surface area contributed by atoms with Gasteiger partial charge < -0.3 is 14.8 Å². The zero-order valence-corrected chi connectivity index (χ0v) is 12.5. The van der Waals surface area contributed by atoms with E-state index < -0.39 is 11.7 Å². The van der Waals surface area contributed by atoms with Crippen molar-refractivity contribution in [3.05, 3.63) is 23.4 Å². The van der Waals surface area contributed by atoms with Crippen molar-refractivity contribution in [2.24, 2.45) is 0 Å². The number of ether oxygens (including phenoxy) is 2. The highest BCUT2D eigenvalue weighted by Gasteiger charge is 2.14. The molecule has 108 valence electrons. The normalized spacial score (nSPS) is 10.2. The second-order valence-corrected chi connectivity index (χ2v) is 5.20. The number of aromatic nitrogens is 1. The summed E-state index contributed by atoms with van der Waals surface area (Å²) < 4.78 is 10.1. The Morgan fingerprint density at radius 1 is 1.45 bits per heavy atom. The number of carbonyl (C=O) groups excluding carboxylic acids is 1. The Morgan fingerprint density at radius 3 is 2.70 bits per heavy atom. The van der Waals surface area contributed by atoms with Crippen molar-refractivity contribution in [3.63, 3.8) is 0 Å². The van der Waals surface area contributed by atoms with Gasteiger partial charge in [-0.25, -0.2) is 9.78 Å². The summed E-state index contributed by atoms with van der Waals surface area (Å²) in [5.74, 6) is 6.35. The van der Waals surface area contributed by atoms with E-state index in [0.29, 0.717) is 5.88 Å². The summed E-state index contributed by atoms with van der Waals surface area (Å²) in [7, 11) is 1.57. The summed E-state index contributed by atoms with van der Waals surface area (Å²) in [6, 6.07) is 1.81. The lowest BCUT2D eigenvalue weighted by atomic mass is 10.1. The van der Waals surface area contributed by atoms with Crippen molar-refractivity contribution in [2.75, 3.05) is 13.7 Å². The Hall–Kier alpha value is -2.22. The molecule has 0 atom stereocenters. The summed E-state index contributed by atoms with van der Waals surface area (Å²) >= 11 is 0. The van der Waals surface area contributed by atoms with E-state index in [0.717, 1.165) is 11.1 Å². The van der Waals surface area contributed by atoms with E-state index in [-0.39, 0.29) is 6.54 Å². The van der Waals surface area contributed by atoms with E-state index in [1.807, 2.05) is 33.8 Å². The van der Waals surface area contributed by atoms with Gasteiger partial charge in [0.15, 0.2) is 0 Å². The van der Waals surface area contributed by atoms with Crippen LogP contribution in [-0.4, -0.2) is 30.3 Å². The molecule has 0 aliphatic carbocycles. The molecule has 1 rings (SSSR count). The standard InChI is InChI=1S/C15H20N2O3/c1-11-9-13(19-5)17-10-12(11)7-6-8-16-14(18)20-15(2,3)4/h9-10H,8H2,1-5H3,(H,16,18). The Morgan fingerprint density at radius 2 is 2.15 bits per heavy atom. The summed E-state index contributed by atoms with van der Waals surface area (Å²) in [6.45, 7) is 7.58. The third-order valence-corrected chi connectivity index (χ3v) is 2.24. The summed E-state index contributed by atoms with van der Waals surface area (Å²) in [6.07, 6.45) is 1.17. The average molecular weight is 276 g/mol. The predicted molar refractivity (Wildman–Crippen MR) is 76.6 cm³/mol. The van der Waals surface area contributed by atoms with Crippen LogP contribution in [-0.2, 0) is 4.74 Å². The summed E-state index contributed by atoms with van der Waals surface area (Å²) in [5, 5.41) is 2.57. The van der Waals surface area contributed by atoms with Crippen molar-refractivity contribution in [1.29, 1.82) is 0 Å². The first-order valence-corrected chi connectivity index (χ1v) is 6.28. The molecule has 20 heavy (non-hydrogen) atoms. The fourth-order valence-electron chi connectivity index (χ4n) is 1.34. The first-order chi connectivity index (χ1) is 9.31. The molecule has 0 bridgehead atoms. The van der Waals surface area contributed by atoms with Crippen molar-refractivity contribution in [1.82, 2.24) is 10.3 Å². The first kappa shape index (κ1) is 15.8. The lowest BCUT2D eigenvalue weighted by molar-refractivity contribution is 0.0535. The highest BCUT2D eigenvalue weighted by atomic mass is 16.6. The molecule has 0 saturated carbocycles. The average Bonchev–Trinajstić information content (AvgIpc) is 2.33. The maximum absolute atomic E-state index is 11.4. The second-order valence-electron chi connectivity index (χ2n) is 5.20. The van der Waals surface area contributed by atoms with Gasteiger partial charge in [0, 0.05) is 17.8 Å². The SMILES string of the molecule is COc1cc(C)c(C#CCNC(=O)OC(C)(C)C)cn1. The minimum atomic E-state index is -0.506. The number of hydrogen-bond donors (Lipinski definition) is 1. The van der Waals surface area contributed by atoms with Crippen LogP contribution < -0.4 is 10.1 Å². The minimum Gasteiger partial charge on any atom is -0.481 e. The quantitative estimate of drug-likeness (QED) is 0.842. The summed E-state index contributed by atoms with van der Waals surface area (Å²) in [5.41, 5.74) is 1.27. The van der Waals surface area contributed by atoms with E-state index in [4.69, 9.17) is 9.47 Å². The van der Waals surface area contributed by atoms with Crippen LogP contribution >= 0.6 is 0 Å². The topological polar surface area (TPSA) is 60.5 Å². The largest absolute Gasteiger partial charge is 0.481 e. The fraction of sp³-hybridized carbons (Fsp3) is 0.467. The van der Waals surface area contributed by atoms with Crippen molar-refractivity contribution in [3.8, 4) is 17.7 Å². The number of nitrogens with one attached hydrogen (secondary N) is 1. The molecule has 0 radical (unpaired) electrons. The highest BCUT2D eigenvalue weighted by Crippen LogP contribution is 2.11. The van der Waals surface area contributed by atoms with Gasteiger partial charge in [-0.15, -0.1) is 0 Å². The number of rotatable bonds is 2. The van der Waals surface area contributed by atoms with Gasteiger partial charge in [0.25, 0.3) is 0 Å². The van der Waals surface area contributed by atoms with Crippen LogP contribution in [0.3, 0.4) is 0 Å². The van der Waals surface area contributed by atoms with Gasteiger partial charge in [-0.2, -0.15) is 0 Å². The molecule has 0 aliphatic rings. The van der Waals surface area contributed by atoms with Crippen LogP contribution in [0.5, 0.6) is 5.88 Å². The van der Waals surface area contributed by atoms with Gasteiger partial charge in [0.05, 0.1) is 13.7 Å². The molecule has 0 spiro atoms. The zero-order valence-electron chi connectivity index (χ0n) is 12.5. The number of aryl methyl sites for hydroxylation is 1. The van der Waals surface area contributed by atoms with Crippen LogP contribution in [0.15, 0.2) is 12.3 Å². The maximum atomic E-state index is 11.4. The fourth-order valence-corrected chi connectivity index (χ4v) is 1.34. The molecule has 0 saturated heterocycles. The molecular weight excluding hydrogens is 256 g/mol. The number of nitrogens with zero attached hydrogens (tertiary/aromatic N) is 1. The van der Waals surface area contributed by atoms with E-state index in [1.165, 1.54) is 0 Å². The van der Waals surface area contributed by atoms with Crippen LogP contribution in [0.4, 0.5) is 4.79 Å². The molecule has 1 amide bonds. The predicted octanol–water partition coefficient (Wildman–Crippen LogP) is 2.27. The molecule has 5 heteroatoms. The van der Waals surface area contributed by atoms with E-state index >= 15 is 0 Å². The van der Waals surface area contributed by atoms with Crippen LogP contribution in [0.1, 0.15) is 31.9 Å². The monoisotopic (exact) mass is 276 g/mol. The first-order valence-electron chi connectivity index (χ1n) is 6.28. The van der Waals surface area contributed by atoms with Crippen molar-refractivity contribution < 1.29 is 14.3 Å². The van der Waals surface area contributed by atoms with E-state index in [9.17, 15) is 4.79 Å². The summed E-state index contributed by atoms with van der Waals surface area (Å²) in [4.78, 5) is 15.5. The maximum Gasteiger partial charge on any atom is 0.408 e. The van der Waals surface area contributed by atoms with Crippen LogP contribution in [0.25, 0.3) is 0 Å². The number of amides is 1. The van der Waals surface area contributed by atoms with Gasteiger partial charge in [-0.3, -0.25) is 0 Å². The Labute approximate surface area is 119 Å². The molecule has 5 nitrogen and oxygen atoms in total. The zero-order chi connectivity index (χ0) is 15.2. The lowest BCUT2D eigenvalue weighted by Gasteiger charge is -2.19. The number of hydrogen-bond acceptors (Lipinski definition) is 4. The lowest BCUT2D eigenvalue weighted by Crippen LogP contribution is -2.32. The van der Waals surface area contributed by atoms with E-state index in [1.54, 1.807) is 13.3 Å². The molecule has 1 heterocycles. The van der Waals surface area contributed by atoms with E-state index in [2.05, 4.69) is 22.1 Å². The molecule has 1 aromatic heterocycles. The van der Waals surface area contributed by atoms with Gasteiger partial charge in [-0.05, 0) is 33.3 Å². The molecular formula is C15H20N2O3. The Kier molecular flexibility index (Phi) is 5.39. The van der Waals surface area contributed by atoms with Crippen molar-refractivity contribution in [2.45, 2.75) is 33.3 Å². The minimum absolute atomic E-state index is 0.223. The number of pyridine rings is 1. The highest BCUT2D eigenvalue weighted by molar-refractivity contribution is 5.68. The molecule has 0 aliphatic heterocycles. The number of methoxy groups -OCH3 is 1. The van der Waals surface area contributed by atoms with Crippen LogP contribution in [0, 0.1) is 18.8 Å². The second kappa shape index (κ2) is 6.80. The third kappa shape index (κ3) is 5.61. The Bertz CT molecular complexity index is 536. The number of alkyl carbamates (subject to hydrolysis) is 1. The van der Waals surface area contributed by atoms with Gasteiger partial charge in [-0.1, -0.05) is 11.8 Å².